The second-order valence-corrected chi connectivity index (χ2v) is 5.60. The van der Waals surface area contributed by atoms with Crippen LogP contribution in [0.3, 0.4) is 0 Å². The van der Waals surface area contributed by atoms with Gasteiger partial charge in [0.2, 0.25) is 0 Å². The molecule has 1 aliphatic rings. The highest BCUT2D eigenvalue weighted by molar-refractivity contribution is 7.09. The molecule has 1 saturated carbocycles. The van der Waals surface area contributed by atoms with E-state index in [0.717, 1.165) is 13.1 Å². The highest BCUT2D eigenvalue weighted by Crippen LogP contribution is 2.21. The van der Waals surface area contributed by atoms with Gasteiger partial charge in [0.15, 0.2) is 0 Å². The zero-order chi connectivity index (χ0) is 11.2. The van der Waals surface area contributed by atoms with E-state index < -0.39 is 0 Å². The van der Waals surface area contributed by atoms with Gasteiger partial charge in [-0.3, -0.25) is 0 Å². The molecule has 2 unspecified atom stereocenters. The first-order valence-corrected chi connectivity index (χ1v) is 7.09. The molecule has 0 saturated heterocycles. The van der Waals surface area contributed by atoms with Gasteiger partial charge in [-0.2, -0.15) is 0 Å². The Balaban J connectivity index is 1.71. The molecule has 3 nitrogen and oxygen atoms in total. The van der Waals surface area contributed by atoms with Gasteiger partial charge < -0.3 is 11.1 Å². The van der Waals surface area contributed by atoms with Gasteiger partial charge >= 0.3 is 0 Å². The predicted octanol–water partition coefficient (Wildman–Crippen LogP) is 2.14. The van der Waals surface area contributed by atoms with Crippen molar-refractivity contribution in [3.63, 3.8) is 0 Å². The lowest BCUT2D eigenvalue weighted by atomic mass is 9.95. The fourth-order valence-electron chi connectivity index (χ4n) is 2.37. The van der Waals surface area contributed by atoms with E-state index in [9.17, 15) is 0 Å². The molecule has 90 valence electrons. The van der Waals surface area contributed by atoms with Crippen LogP contribution in [0.25, 0.3) is 0 Å². The van der Waals surface area contributed by atoms with E-state index in [2.05, 4.69) is 10.3 Å². The molecule has 16 heavy (non-hydrogen) atoms. The Hall–Kier alpha value is -0.450. The average molecular weight is 239 g/mol. The average Bonchev–Trinajstić information content (AvgIpc) is 2.71. The third-order valence-corrected chi connectivity index (χ3v) is 4.16. The number of hydrogen-bond donors (Lipinski definition) is 2. The summed E-state index contributed by atoms with van der Waals surface area (Å²) in [5, 5.41) is 6.67. The first-order chi connectivity index (χ1) is 7.86. The van der Waals surface area contributed by atoms with Gasteiger partial charge in [0, 0.05) is 24.2 Å². The maximum atomic E-state index is 6.19. The summed E-state index contributed by atoms with van der Waals surface area (Å²) >= 11 is 1.71. The molecular formula is C12H21N3S. The largest absolute Gasteiger partial charge is 0.327 e. The van der Waals surface area contributed by atoms with E-state index in [0.29, 0.717) is 12.0 Å². The summed E-state index contributed by atoms with van der Waals surface area (Å²) in [7, 11) is 0. The number of aromatic nitrogens is 1. The Bertz CT molecular complexity index is 286. The smallest absolute Gasteiger partial charge is 0.106 e. The number of nitrogens with one attached hydrogen (secondary N) is 1. The van der Waals surface area contributed by atoms with E-state index in [4.69, 9.17) is 5.73 Å². The van der Waals surface area contributed by atoms with Crippen molar-refractivity contribution in [3.05, 3.63) is 16.6 Å². The van der Waals surface area contributed by atoms with Crippen LogP contribution in [0.4, 0.5) is 0 Å². The van der Waals surface area contributed by atoms with E-state index >= 15 is 0 Å². The summed E-state index contributed by atoms with van der Waals surface area (Å²) in [5.74, 6) is 0.655. The second kappa shape index (κ2) is 6.33. The Morgan fingerprint density at radius 1 is 1.38 bits per heavy atom. The molecule has 2 atom stereocenters. The van der Waals surface area contributed by atoms with Crippen molar-refractivity contribution in [1.82, 2.24) is 10.3 Å². The molecule has 1 aliphatic carbocycles. The van der Waals surface area contributed by atoms with Crippen LogP contribution in [-0.2, 0) is 6.54 Å². The van der Waals surface area contributed by atoms with Gasteiger partial charge in [0.05, 0.1) is 0 Å². The molecule has 1 heterocycles. The summed E-state index contributed by atoms with van der Waals surface area (Å²) in [6.45, 7) is 1.93. The second-order valence-electron chi connectivity index (χ2n) is 4.62. The molecule has 0 spiro atoms. The minimum atomic E-state index is 0.395. The van der Waals surface area contributed by atoms with Crippen molar-refractivity contribution >= 4 is 11.3 Å². The van der Waals surface area contributed by atoms with Crippen LogP contribution in [0.2, 0.25) is 0 Å². The molecule has 0 bridgehead atoms. The van der Waals surface area contributed by atoms with Crippen molar-refractivity contribution in [1.29, 1.82) is 0 Å². The minimum Gasteiger partial charge on any atom is -0.327 e. The van der Waals surface area contributed by atoms with Crippen molar-refractivity contribution in [2.24, 2.45) is 11.7 Å². The molecular weight excluding hydrogens is 218 g/mol. The lowest BCUT2D eigenvalue weighted by molar-refractivity contribution is 0.374. The molecule has 0 aromatic carbocycles. The fourth-order valence-corrected chi connectivity index (χ4v) is 2.96. The van der Waals surface area contributed by atoms with E-state index in [1.165, 1.54) is 37.1 Å². The molecule has 3 N–H and O–H groups in total. The maximum absolute atomic E-state index is 6.19. The third kappa shape index (κ3) is 3.54. The Kier molecular flexibility index (Phi) is 4.75. The lowest BCUT2D eigenvalue weighted by Crippen LogP contribution is -2.36. The summed E-state index contributed by atoms with van der Waals surface area (Å²) in [4.78, 5) is 4.26. The first-order valence-electron chi connectivity index (χ1n) is 6.21. The Labute approximate surface area is 101 Å². The SMILES string of the molecule is NC1CCCCCC1CNCc1nccs1. The van der Waals surface area contributed by atoms with Crippen LogP contribution >= 0.6 is 11.3 Å². The van der Waals surface area contributed by atoms with Gasteiger partial charge in [-0.1, -0.05) is 19.3 Å². The minimum absolute atomic E-state index is 0.395. The molecule has 1 aromatic heterocycles. The number of rotatable bonds is 4. The van der Waals surface area contributed by atoms with Crippen molar-refractivity contribution in [2.45, 2.75) is 44.7 Å². The monoisotopic (exact) mass is 239 g/mol. The molecule has 1 fully saturated rings. The number of nitrogens with zero attached hydrogens (tertiary/aromatic N) is 1. The molecule has 2 rings (SSSR count). The van der Waals surface area contributed by atoms with Crippen LogP contribution < -0.4 is 11.1 Å². The highest BCUT2D eigenvalue weighted by atomic mass is 32.1. The number of thiazole rings is 1. The highest BCUT2D eigenvalue weighted by Gasteiger charge is 2.19. The normalized spacial score (nSPS) is 26.6. The van der Waals surface area contributed by atoms with Gasteiger partial charge in [-0.25, -0.2) is 4.98 Å². The summed E-state index contributed by atoms with van der Waals surface area (Å²) in [5.41, 5.74) is 6.19. The molecule has 0 aliphatic heterocycles. The number of nitrogens with two attached hydrogens (primary N) is 1. The van der Waals surface area contributed by atoms with Gasteiger partial charge in [-0.15, -0.1) is 11.3 Å². The lowest BCUT2D eigenvalue weighted by Gasteiger charge is -2.21. The van der Waals surface area contributed by atoms with Crippen LogP contribution in [0, 0.1) is 5.92 Å². The van der Waals surface area contributed by atoms with Gasteiger partial charge in [-0.05, 0) is 25.3 Å². The first kappa shape index (κ1) is 12.0. The van der Waals surface area contributed by atoms with E-state index in [1.54, 1.807) is 11.3 Å². The standard InChI is InChI=1S/C12H21N3S/c13-11-5-3-1-2-4-10(11)8-14-9-12-15-6-7-16-12/h6-7,10-11,14H,1-5,8-9,13H2. The van der Waals surface area contributed by atoms with Crippen LogP contribution in [0.5, 0.6) is 0 Å². The van der Waals surface area contributed by atoms with Crippen LogP contribution in [0.1, 0.15) is 37.1 Å². The zero-order valence-electron chi connectivity index (χ0n) is 9.69. The van der Waals surface area contributed by atoms with Crippen molar-refractivity contribution < 1.29 is 0 Å². The molecule has 4 heteroatoms. The summed E-state index contributed by atoms with van der Waals surface area (Å²) in [6, 6.07) is 0.395. The summed E-state index contributed by atoms with van der Waals surface area (Å²) < 4.78 is 0. The molecule has 0 radical (unpaired) electrons. The Morgan fingerprint density at radius 3 is 3.06 bits per heavy atom. The van der Waals surface area contributed by atoms with E-state index in [1.807, 2.05) is 11.6 Å². The topological polar surface area (TPSA) is 50.9 Å². The third-order valence-electron chi connectivity index (χ3n) is 3.38. The summed E-state index contributed by atoms with van der Waals surface area (Å²) in [6.07, 6.45) is 8.35. The van der Waals surface area contributed by atoms with Crippen molar-refractivity contribution in [3.8, 4) is 0 Å². The van der Waals surface area contributed by atoms with Crippen LogP contribution in [0.15, 0.2) is 11.6 Å². The quantitative estimate of drug-likeness (QED) is 0.792. The van der Waals surface area contributed by atoms with Crippen LogP contribution in [-0.4, -0.2) is 17.6 Å². The Morgan fingerprint density at radius 2 is 2.25 bits per heavy atom. The van der Waals surface area contributed by atoms with Crippen molar-refractivity contribution in [2.75, 3.05) is 6.54 Å². The van der Waals surface area contributed by atoms with Gasteiger partial charge in [0.25, 0.3) is 0 Å². The predicted molar refractivity (Wildman–Crippen MR) is 68.4 cm³/mol. The maximum Gasteiger partial charge on any atom is 0.106 e. The zero-order valence-corrected chi connectivity index (χ0v) is 10.5. The van der Waals surface area contributed by atoms with E-state index in [-0.39, 0.29) is 0 Å². The number of hydrogen-bond acceptors (Lipinski definition) is 4. The fraction of sp³-hybridized carbons (Fsp3) is 0.750. The van der Waals surface area contributed by atoms with Gasteiger partial charge in [0.1, 0.15) is 5.01 Å². The molecule has 1 aromatic rings. The molecule has 0 amide bonds.